The van der Waals surface area contributed by atoms with E-state index < -0.39 is 0 Å². The summed E-state index contributed by atoms with van der Waals surface area (Å²) in [5.74, 6) is 2.04. The van der Waals surface area contributed by atoms with E-state index in [2.05, 4.69) is 274 Å². The van der Waals surface area contributed by atoms with E-state index in [0.717, 1.165) is 19.6 Å². The Morgan fingerprint density at radius 1 is 0.265 bits per heavy atom. The van der Waals surface area contributed by atoms with Gasteiger partial charge in [-0.1, -0.05) is 257 Å². The van der Waals surface area contributed by atoms with Gasteiger partial charge < -0.3 is 13.7 Å². The van der Waals surface area contributed by atoms with Crippen molar-refractivity contribution in [2.24, 2.45) is 17.8 Å². The van der Waals surface area contributed by atoms with Crippen LogP contribution >= 0.6 is 0 Å². The average molecular weight is 1090 g/mol. The fraction of sp³-hybridized carbons (Fsp3) is 0.300. The van der Waals surface area contributed by atoms with Crippen molar-refractivity contribution < 1.29 is 0 Å². The van der Waals surface area contributed by atoms with Crippen molar-refractivity contribution >= 4 is 114 Å². The van der Waals surface area contributed by atoms with E-state index in [0.29, 0.717) is 17.8 Å². The number of hydrogen-bond acceptors (Lipinski definition) is 0. The lowest BCUT2D eigenvalue weighted by Crippen LogP contribution is -2.10. The summed E-state index contributed by atoms with van der Waals surface area (Å²) in [6.07, 6.45) is 33.2. The summed E-state index contributed by atoms with van der Waals surface area (Å²) in [7, 11) is 0. The third-order valence-electron chi connectivity index (χ3n) is 18.2. The van der Waals surface area contributed by atoms with Gasteiger partial charge in [0.2, 0.25) is 0 Å². The second-order valence-corrected chi connectivity index (χ2v) is 23.9. The summed E-state index contributed by atoms with van der Waals surface area (Å²) in [4.78, 5) is 0. The van der Waals surface area contributed by atoms with Crippen molar-refractivity contribution in [3.8, 4) is 0 Å². The van der Waals surface area contributed by atoms with E-state index in [1.165, 1.54) is 187 Å². The molecule has 11 aromatic rings. The van der Waals surface area contributed by atoms with Crippen LogP contribution in [-0.2, 0) is 19.6 Å². The molecule has 0 amide bonds. The third-order valence-corrected chi connectivity index (χ3v) is 18.2. The first-order valence-corrected chi connectivity index (χ1v) is 31.8. The Kier molecular flexibility index (Phi) is 18.5. The summed E-state index contributed by atoms with van der Waals surface area (Å²) >= 11 is 0. The average Bonchev–Trinajstić information content (AvgIpc) is 4.30. The van der Waals surface area contributed by atoms with Crippen LogP contribution in [-0.4, -0.2) is 13.7 Å². The molecule has 3 unspecified atom stereocenters. The maximum Gasteiger partial charge on any atom is 0.0491 e. The largest absolute Gasteiger partial charge is 0.340 e. The van der Waals surface area contributed by atoms with Gasteiger partial charge in [-0.15, -0.1) is 0 Å². The van der Waals surface area contributed by atoms with Crippen molar-refractivity contribution in [3.63, 3.8) is 0 Å². The van der Waals surface area contributed by atoms with E-state index in [9.17, 15) is 0 Å². The first-order chi connectivity index (χ1) is 40.8. The van der Waals surface area contributed by atoms with Crippen LogP contribution in [0, 0.1) is 17.8 Å². The number of benzene rings is 8. The number of unbranched alkanes of at least 4 members (excludes halogenated alkanes) is 3. The molecule has 3 heterocycles. The fourth-order valence-electron chi connectivity index (χ4n) is 13.0. The van der Waals surface area contributed by atoms with Crippen LogP contribution in [0.15, 0.2) is 170 Å². The molecule has 0 bridgehead atoms. The van der Waals surface area contributed by atoms with Gasteiger partial charge in [-0.25, -0.2) is 0 Å². The van der Waals surface area contributed by atoms with Crippen molar-refractivity contribution in [1.29, 1.82) is 0 Å². The molecule has 0 fully saturated rings. The molecule has 3 nitrogen and oxygen atoms in total. The van der Waals surface area contributed by atoms with Gasteiger partial charge in [0.25, 0.3) is 0 Å². The Labute approximate surface area is 495 Å². The van der Waals surface area contributed by atoms with Gasteiger partial charge in [0.1, 0.15) is 0 Å². The molecule has 83 heavy (non-hydrogen) atoms. The molecule has 0 N–H and O–H groups in total. The van der Waals surface area contributed by atoms with Gasteiger partial charge >= 0.3 is 0 Å². The smallest absolute Gasteiger partial charge is 0.0491 e. The normalized spacial score (nSPS) is 13.6. The molecule has 3 atom stereocenters. The Balaban J connectivity index is 0.796. The quantitative estimate of drug-likeness (QED) is 0.0480. The first kappa shape index (κ1) is 57.0. The van der Waals surface area contributed by atoms with Gasteiger partial charge in [0.15, 0.2) is 0 Å². The minimum absolute atomic E-state index is 0.648. The maximum absolute atomic E-state index is 2.61. The number of fused-ring (bicyclic) bond motifs is 9. The Morgan fingerprint density at radius 2 is 0.494 bits per heavy atom. The highest BCUT2D eigenvalue weighted by Crippen LogP contribution is 2.36. The van der Waals surface area contributed by atoms with Gasteiger partial charge in [-0.05, 0) is 142 Å². The predicted molar refractivity (Wildman–Crippen MR) is 367 cm³/mol. The van der Waals surface area contributed by atoms with E-state index in [1.807, 2.05) is 0 Å². The van der Waals surface area contributed by atoms with E-state index in [1.54, 1.807) is 0 Å². The number of hydrogen-bond donors (Lipinski definition) is 0. The third kappa shape index (κ3) is 13.0. The van der Waals surface area contributed by atoms with Crippen LogP contribution in [0.2, 0.25) is 0 Å². The number of rotatable bonds is 26. The van der Waals surface area contributed by atoms with Crippen LogP contribution in [0.3, 0.4) is 0 Å². The van der Waals surface area contributed by atoms with Gasteiger partial charge in [-0.3, -0.25) is 0 Å². The molecular formula is C80H87N3. The Morgan fingerprint density at radius 3 is 0.759 bits per heavy atom. The summed E-state index contributed by atoms with van der Waals surface area (Å²) in [6.45, 7) is 17.2. The van der Waals surface area contributed by atoms with E-state index in [-0.39, 0.29) is 0 Å². The van der Waals surface area contributed by atoms with E-state index >= 15 is 0 Å². The molecule has 3 heteroatoms. The van der Waals surface area contributed by atoms with Gasteiger partial charge in [0, 0.05) is 85.1 Å². The fourth-order valence-corrected chi connectivity index (χ4v) is 13.0. The Hall–Kier alpha value is -7.88. The predicted octanol–water partition coefficient (Wildman–Crippen LogP) is 23.3. The van der Waals surface area contributed by atoms with E-state index in [4.69, 9.17) is 0 Å². The minimum atomic E-state index is 0.648. The standard InChI is InChI=1S/C80H87N3/c1-7-13-20-58(10-4)55-81-75-25-18-16-23-69(75)71-51-65(43-47-77(71)81)39-35-61-27-31-63(32-28-61)37-41-67-45-49-79-73(53-67)74-54-68(46-50-80(74)83(79)57-60(12-6)22-15-9-3)42-38-64-33-29-62(30-34-64)36-40-66-44-48-78-72(52-66)70-24-17-19-26-76(70)82(78)56-59(11-5)21-14-8-2/h16-19,23-54,58-60H,7-15,20-22,55-57H2,1-6H3/b39-35+,40-36+,41-37+,42-38+. The Bertz CT molecular complexity index is 3830. The number of aromatic nitrogens is 3. The highest BCUT2D eigenvalue weighted by Gasteiger charge is 2.18. The molecule has 0 spiro atoms. The topological polar surface area (TPSA) is 14.8 Å². The summed E-state index contributed by atoms with van der Waals surface area (Å²) < 4.78 is 7.76. The second-order valence-electron chi connectivity index (χ2n) is 23.9. The van der Waals surface area contributed by atoms with Crippen LogP contribution in [0.25, 0.3) is 114 Å². The summed E-state index contributed by atoms with van der Waals surface area (Å²) in [6, 6.07) is 64.0. The zero-order chi connectivity index (χ0) is 57.1. The van der Waals surface area contributed by atoms with Crippen molar-refractivity contribution in [2.75, 3.05) is 0 Å². The monoisotopic (exact) mass is 1090 g/mol. The van der Waals surface area contributed by atoms with Gasteiger partial charge in [0.05, 0.1) is 0 Å². The summed E-state index contributed by atoms with van der Waals surface area (Å²) in [5.41, 5.74) is 17.7. The summed E-state index contributed by atoms with van der Waals surface area (Å²) in [5, 5.41) is 8.01. The molecule has 8 aromatic carbocycles. The second kappa shape index (κ2) is 27.0. The molecule has 11 rings (SSSR count). The molecule has 3 aromatic heterocycles. The molecule has 0 saturated carbocycles. The lowest BCUT2D eigenvalue weighted by Gasteiger charge is -2.17. The van der Waals surface area contributed by atoms with Crippen molar-refractivity contribution in [2.45, 2.75) is 138 Å². The molecule has 0 saturated heterocycles. The molecule has 0 aliphatic heterocycles. The first-order valence-electron chi connectivity index (χ1n) is 31.8. The molecular weight excluding hydrogens is 1000 g/mol. The molecule has 422 valence electrons. The SMILES string of the molecule is CCCCC(CC)Cn1c2ccccc2c2cc(/C=C/c3ccc(/C=C/c4ccc5c(c4)c4cc(/C=C/c6ccc(/C=C/c7ccc8c(c7)c7ccccc7n8CC(CC)CCCC)cc6)ccc4n5CC(CC)CCCC)cc3)ccc21. The highest BCUT2D eigenvalue weighted by atomic mass is 15.0. The molecule has 0 aliphatic carbocycles. The number of nitrogens with zero attached hydrogens (tertiary/aromatic N) is 3. The van der Waals surface area contributed by atoms with Crippen LogP contribution in [0.4, 0.5) is 0 Å². The van der Waals surface area contributed by atoms with Crippen LogP contribution < -0.4 is 0 Å². The van der Waals surface area contributed by atoms with Crippen LogP contribution in [0.1, 0.15) is 163 Å². The maximum atomic E-state index is 2.61. The zero-order valence-corrected chi connectivity index (χ0v) is 50.5. The van der Waals surface area contributed by atoms with Crippen molar-refractivity contribution in [3.05, 3.63) is 214 Å². The molecule has 0 aliphatic rings. The highest BCUT2D eigenvalue weighted by molar-refractivity contribution is 6.11. The molecule has 0 radical (unpaired) electrons. The minimum Gasteiger partial charge on any atom is -0.340 e. The van der Waals surface area contributed by atoms with Crippen molar-refractivity contribution in [1.82, 2.24) is 13.7 Å². The lowest BCUT2D eigenvalue weighted by molar-refractivity contribution is 0.401. The zero-order valence-electron chi connectivity index (χ0n) is 50.5. The number of para-hydroxylation sites is 2. The lowest BCUT2D eigenvalue weighted by atomic mass is 9.99. The van der Waals surface area contributed by atoms with Crippen LogP contribution in [0.5, 0.6) is 0 Å². The van der Waals surface area contributed by atoms with Gasteiger partial charge in [-0.2, -0.15) is 0 Å².